The number of halogens is 1. The molecule has 1 saturated heterocycles. The molecule has 0 radical (unpaired) electrons. The number of hydrogen-bond donors (Lipinski definition) is 1. The topological polar surface area (TPSA) is 29.3 Å². The molecule has 1 aliphatic rings. The number of rotatable bonds is 2. The van der Waals surface area contributed by atoms with Gasteiger partial charge in [0.15, 0.2) is 0 Å². The van der Waals surface area contributed by atoms with Gasteiger partial charge in [-0.15, -0.1) is 0 Å². The van der Waals surface area contributed by atoms with Crippen molar-refractivity contribution in [3.63, 3.8) is 0 Å². The molecule has 0 bridgehead atoms. The van der Waals surface area contributed by atoms with Crippen LogP contribution in [0.1, 0.15) is 31.9 Å². The van der Waals surface area contributed by atoms with E-state index in [1.165, 1.54) is 5.56 Å². The fourth-order valence-electron chi connectivity index (χ4n) is 2.54. The summed E-state index contributed by atoms with van der Waals surface area (Å²) in [6.45, 7) is 5.48. The van der Waals surface area contributed by atoms with Crippen molar-refractivity contribution in [2.45, 2.75) is 38.4 Å². The molecule has 2 N–H and O–H groups in total. The zero-order valence-electron chi connectivity index (χ0n) is 9.86. The van der Waals surface area contributed by atoms with Crippen molar-refractivity contribution in [3.8, 4) is 0 Å². The maximum atomic E-state index is 6.26. The van der Waals surface area contributed by atoms with Gasteiger partial charge < -0.3 is 5.73 Å². The molecule has 88 valence electrons. The second-order valence-corrected chi connectivity index (χ2v) is 5.16. The summed E-state index contributed by atoms with van der Waals surface area (Å²) in [6, 6.07) is 9.01. The van der Waals surface area contributed by atoms with Gasteiger partial charge in [0.05, 0.1) is 6.04 Å². The largest absolute Gasteiger partial charge is 0.326 e. The van der Waals surface area contributed by atoms with Crippen LogP contribution in [0.5, 0.6) is 0 Å². The maximum absolute atomic E-state index is 6.26. The smallest absolute Gasteiger partial charge is 0.0517 e. The third-order valence-electron chi connectivity index (χ3n) is 3.37. The highest BCUT2D eigenvalue weighted by molar-refractivity contribution is 6.31. The highest BCUT2D eigenvalue weighted by Crippen LogP contribution is 2.36. The predicted molar refractivity (Wildman–Crippen MR) is 68.6 cm³/mol. The van der Waals surface area contributed by atoms with E-state index in [1.807, 2.05) is 18.2 Å². The van der Waals surface area contributed by atoms with Crippen molar-refractivity contribution in [2.24, 2.45) is 5.73 Å². The SMILES string of the molecule is CC(C)N1CCC(N)C1c1ccccc1Cl. The van der Waals surface area contributed by atoms with Gasteiger partial charge in [-0.3, -0.25) is 4.90 Å². The minimum Gasteiger partial charge on any atom is -0.326 e. The summed E-state index contributed by atoms with van der Waals surface area (Å²) in [5.41, 5.74) is 7.38. The molecule has 1 heterocycles. The lowest BCUT2D eigenvalue weighted by Gasteiger charge is -2.31. The summed E-state index contributed by atoms with van der Waals surface area (Å²) >= 11 is 6.26. The summed E-state index contributed by atoms with van der Waals surface area (Å²) in [5.74, 6) is 0. The van der Waals surface area contributed by atoms with E-state index in [9.17, 15) is 0 Å². The lowest BCUT2D eigenvalue weighted by atomic mass is 10.00. The maximum Gasteiger partial charge on any atom is 0.0517 e. The third kappa shape index (κ3) is 2.10. The Morgan fingerprint density at radius 1 is 1.38 bits per heavy atom. The molecule has 0 spiro atoms. The summed E-state index contributed by atoms with van der Waals surface area (Å²) in [7, 11) is 0. The van der Waals surface area contributed by atoms with Crippen LogP contribution in [0.3, 0.4) is 0 Å². The van der Waals surface area contributed by atoms with Gasteiger partial charge in [-0.1, -0.05) is 29.8 Å². The molecule has 16 heavy (non-hydrogen) atoms. The molecule has 2 atom stereocenters. The zero-order valence-corrected chi connectivity index (χ0v) is 10.6. The lowest BCUT2D eigenvalue weighted by molar-refractivity contribution is 0.198. The normalized spacial score (nSPS) is 26.6. The van der Waals surface area contributed by atoms with Crippen LogP contribution in [0.25, 0.3) is 0 Å². The first-order valence-corrected chi connectivity index (χ1v) is 6.25. The monoisotopic (exact) mass is 238 g/mol. The Labute approximate surface area is 102 Å². The Bertz CT molecular complexity index is 365. The zero-order chi connectivity index (χ0) is 11.7. The van der Waals surface area contributed by atoms with E-state index < -0.39 is 0 Å². The molecule has 1 aliphatic heterocycles. The molecule has 1 aromatic carbocycles. The van der Waals surface area contributed by atoms with Crippen molar-refractivity contribution in [1.82, 2.24) is 4.90 Å². The molecule has 0 aromatic heterocycles. The first-order chi connectivity index (χ1) is 7.61. The highest BCUT2D eigenvalue weighted by atomic mass is 35.5. The van der Waals surface area contributed by atoms with E-state index in [0.29, 0.717) is 6.04 Å². The van der Waals surface area contributed by atoms with Gasteiger partial charge in [0, 0.05) is 23.7 Å². The van der Waals surface area contributed by atoms with Gasteiger partial charge in [0.25, 0.3) is 0 Å². The first kappa shape index (κ1) is 11.9. The second kappa shape index (κ2) is 4.74. The molecular formula is C13H19ClN2. The number of benzene rings is 1. The van der Waals surface area contributed by atoms with E-state index in [0.717, 1.165) is 18.0 Å². The van der Waals surface area contributed by atoms with E-state index in [1.54, 1.807) is 0 Å². The molecule has 1 aromatic rings. The fraction of sp³-hybridized carbons (Fsp3) is 0.538. The molecule has 2 nitrogen and oxygen atoms in total. The Hall–Kier alpha value is -0.570. The molecule has 3 heteroatoms. The second-order valence-electron chi connectivity index (χ2n) is 4.75. The average Bonchev–Trinajstić information content (AvgIpc) is 2.61. The van der Waals surface area contributed by atoms with Crippen LogP contribution < -0.4 is 5.73 Å². The summed E-state index contributed by atoms with van der Waals surface area (Å²) in [4.78, 5) is 2.44. The van der Waals surface area contributed by atoms with Crippen molar-refractivity contribution in [1.29, 1.82) is 0 Å². The highest BCUT2D eigenvalue weighted by Gasteiger charge is 2.35. The number of nitrogens with zero attached hydrogens (tertiary/aromatic N) is 1. The van der Waals surface area contributed by atoms with E-state index in [4.69, 9.17) is 17.3 Å². The van der Waals surface area contributed by atoms with E-state index in [2.05, 4.69) is 24.8 Å². The van der Waals surface area contributed by atoms with Crippen LogP contribution in [-0.2, 0) is 0 Å². The van der Waals surface area contributed by atoms with Crippen LogP contribution in [0.4, 0.5) is 0 Å². The average molecular weight is 239 g/mol. The Morgan fingerprint density at radius 2 is 2.06 bits per heavy atom. The minimum absolute atomic E-state index is 0.197. The van der Waals surface area contributed by atoms with Crippen LogP contribution in [0.15, 0.2) is 24.3 Å². The van der Waals surface area contributed by atoms with Crippen molar-refractivity contribution < 1.29 is 0 Å². The molecular weight excluding hydrogens is 220 g/mol. The standard InChI is InChI=1S/C13H19ClN2/c1-9(2)16-8-7-12(15)13(16)10-5-3-4-6-11(10)14/h3-6,9,12-13H,7-8,15H2,1-2H3. The van der Waals surface area contributed by atoms with Crippen molar-refractivity contribution >= 4 is 11.6 Å². The van der Waals surface area contributed by atoms with Gasteiger partial charge in [0.2, 0.25) is 0 Å². The van der Waals surface area contributed by atoms with Crippen molar-refractivity contribution in [3.05, 3.63) is 34.9 Å². The van der Waals surface area contributed by atoms with Gasteiger partial charge in [-0.2, -0.15) is 0 Å². The summed E-state index contributed by atoms with van der Waals surface area (Å²) in [6.07, 6.45) is 1.05. The molecule has 0 amide bonds. The first-order valence-electron chi connectivity index (χ1n) is 5.87. The summed E-state index contributed by atoms with van der Waals surface area (Å²) in [5, 5.41) is 0.829. The van der Waals surface area contributed by atoms with Gasteiger partial charge >= 0.3 is 0 Å². The Morgan fingerprint density at radius 3 is 2.69 bits per heavy atom. The van der Waals surface area contributed by atoms with Crippen LogP contribution >= 0.6 is 11.6 Å². The molecule has 2 unspecified atom stereocenters. The predicted octanol–water partition coefficient (Wildman–Crippen LogP) is 2.82. The van der Waals surface area contributed by atoms with Gasteiger partial charge in [0.1, 0.15) is 0 Å². The number of likely N-dealkylation sites (tertiary alicyclic amines) is 1. The molecule has 0 aliphatic carbocycles. The fourth-order valence-corrected chi connectivity index (χ4v) is 2.79. The minimum atomic E-state index is 0.197. The number of hydrogen-bond acceptors (Lipinski definition) is 2. The molecule has 1 fully saturated rings. The van der Waals surface area contributed by atoms with Crippen LogP contribution in [-0.4, -0.2) is 23.5 Å². The quantitative estimate of drug-likeness (QED) is 0.859. The van der Waals surface area contributed by atoms with Crippen molar-refractivity contribution in [2.75, 3.05) is 6.54 Å². The molecule has 0 saturated carbocycles. The summed E-state index contributed by atoms with van der Waals surface area (Å²) < 4.78 is 0. The van der Waals surface area contributed by atoms with E-state index in [-0.39, 0.29) is 12.1 Å². The lowest BCUT2D eigenvalue weighted by Crippen LogP contribution is -2.36. The van der Waals surface area contributed by atoms with E-state index >= 15 is 0 Å². The Balaban J connectivity index is 2.34. The van der Waals surface area contributed by atoms with Gasteiger partial charge in [-0.05, 0) is 31.9 Å². The van der Waals surface area contributed by atoms with Gasteiger partial charge in [-0.25, -0.2) is 0 Å². The van der Waals surface area contributed by atoms with Crippen LogP contribution in [0.2, 0.25) is 5.02 Å². The van der Waals surface area contributed by atoms with Crippen LogP contribution in [0, 0.1) is 0 Å². The molecule has 2 rings (SSSR count). The third-order valence-corrected chi connectivity index (χ3v) is 3.71. The number of nitrogens with two attached hydrogens (primary N) is 1. The Kier molecular flexibility index (Phi) is 3.53.